The number of morpholine rings is 1. The van der Waals surface area contributed by atoms with Crippen molar-refractivity contribution in [1.82, 2.24) is 14.9 Å². The predicted molar refractivity (Wildman–Crippen MR) is 106 cm³/mol. The van der Waals surface area contributed by atoms with E-state index in [1.165, 1.54) is 0 Å². The normalized spacial score (nSPS) is 17.1. The van der Waals surface area contributed by atoms with Crippen LogP contribution in [0, 0.1) is 0 Å². The van der Waals surface area contributed by atoms with Crippen molar-refractivity contribution < 1.29 is 24.1 Å². The molecule has 0 spiro atoms. The van der Waals surface area contributed by atoms with E-state index in [-0.39, 0.29) is 25.4 Å². The lowest BCUT2D eigenvalue weighted by Crippen LogP contribution is -2.49. The summed E-state index contributed by atoms with van der Waals surface area (Å²) in [5.74, 6) is 1.07. The molecule has 1 aliphatic rings. The highest BCUT2D eigenvalue weighted by molar-refractivity contribution is 5.68. The number of hydrogen-bond donors (Lipinski definition) is 1. The van der Waals surface area contributed by atoms with Crippen LogP contribution < -0.4 is 4.74 Å². The lowest BCUT2D eigenvalue weighted by atomic mass is 10.1. The van der Waals surface area contributed by atoms with Crippen LogP contribution in [0.4, 0.5) is 4.79 Å². The quantitative estimate of drug-likeness (QED) is 0.823. The zero-order valence-corrected chi connectivity index (χ0v) is 17.0. The number of rotatable bonds is 5. The first-order valence-electron chi connectivity index (χ1n) is 9.58. The van der Waals surface area contributed by atoms with Gasteiger partial charge < -0.3 is 24.2 Å². The van der Waals surface area contributed by atoms with E-state index >= 15 is 0 Å². The summed E-state index contributed by atoms with van der Waals surface area (Å²) >= 11 is 0. The largest absolute Gasteiger partial charge is 0.488 e. The van der Waals surface area contributed by atoms with Crippen molar-refractivity contribution in [3.8, 4) is 17.1 Å². The first kappa shape index (κ1) is 21.0. The Balaban J connectivity index is 1.53. The van der Waals surface area contributed by atoms with E-state index in [4.69, 9.17) is 14.2 Å². The van der Waals surface area contributed by atoms with Crippen LogP contribution in [0.25, 0.3) is 11.4 Å². The topological polar surface area (TPSA) is 94.0 Å². The minimum atomic E-state index is -0.531. The maximum atomic E-state index is 12.2. The fraction of sp³-hybridized carbons (Fsp3) is 0.476. The third-order valence-corrected chi connectivity index (χ3v) is 4.22. The second-order valence-electron chi connectivity index (χ2n) is 7.83. The highest BCUT2D eigenvalue weighted by atomic mass is 16.6. The summed E-state index contributed by atoms with van der Waals surface area (Å²) in [4.78, 5) is 22.5. The number of nitrogens with zero attached hydrogens (tertiary/aromatic N) is 3. The van der Waals surface area contributed by atoms with Gasteiger partial charge in [0.2, 0.25) is 0 Å². The lowest BCUT2D eigenvalue weighted by molar-refractivity contribution is -0.0557. The molecule has 29 heavy (non-hydrogen) atoms. The number of benzene rings is 1. The van der Waals surface area contributed by atoms with E-state index in [0.29, 0.717) is 31.3 Å². The third kappa shape index (κ3) is 6.13. The molecule has 2 heterocycles. The van der Waals surface area contributed by atoms with Gasteiger partial charge in [-0.25, -0.2) is 14.8 Å². The number of hydrogen-bond acceptors (Lipinski definition) is 7. The van der Waals surface area contributed by atoms with Gasteiger partial charge in [0.05, 0.1) is 32.2 Å². The Morgan fingerprint density at radius 2 is 2.07 bits per heavy atom. The molecular formula is C21H27N3O5. The molecule has 1 aromatic heterocycles. The van der Waals surface area contributed by atoms with Crippen molar-refractivity contribution in [1.29, 1.82) is 0 Å². The minimum absolute atomic E-state index is 0.0310. The van der Waals surface area contributed by atoms with Crippen LogP contribution in [0.2, 0.25) is 0 Å². The van der Waals surface area contributed by atoms with Crippen molar-refractivity contribution >= 4 is 6.09 Å². The van der Waals surface area contributed by atoms with Gasteiger partial charge >= 0.3 is 6.09 Å². The molecule has 1 atom stereocenters. The zero-order chi connectivity index (χ0) is 20.9. The van der Waals surface area contributed by atoms with Gasteiger partial charge in [-0.2, -0.15) is 0 Å². The molecule has 0 aliphatic carbocycles. The minimum Gasteiger partial charge on any atom is -0.488 e. The van der Waals surface area contributed by atoms with E-state index in [9.17, 15) is 9.90 Å². The fourth-order valence-electron chi connectivity index (χ4n) is 2.85. The molecule has 1 amide bonds. The second kappa shape index (κ2) is 9.19. The smallest absolute Gasteiger partial charge is 0.410 e. The Morgan fingerprint density at radius 1 is 1.31 bits per heavy atom. The van der Waals surface area contributed by atoms with Crippen LogP contribution in [-0.2, 0) is 16.1 Å². The van der Waals surface area contributed by atoms with Crippen molar-refractivity contribution in [3.63, 3.8) is 0 Å². The van der Waals surface area contributed by atoms with Crippen LogP contribution in [0.5, 0.6) is 5.75 Å². The number of carbonyl (C=O) groups is 1. The number of aliphatic hydroxyl groups is 1. The summed E-state index contributed by atoms with van der Waals surface area (Å²) in [6.45, 7) is 7.11. The number of ether oxygens (including phenoxy) is 3. The van der Waals surface area contributed by atoms with Crippen molar-refractivity contribution in [2.24, 2.45) is 0 Å². The number of aromatic nitrogens is 2. The van der Waals surface area contributed by atoms with Crippen LogP contribution in [0.1, 0.15) is 26.3 Å². The average molecular weight is 401 g/mol. The van der Waals surface area contributed by atoms with Gasteiger partial charge in [-0.1, -0.05) is 18.2 Å². The van der Waals surface area contributed by atoms with Gasteiger partial charge in [0.15, 0.2) is 11.6 Å². The summed E-state index contributed by atoms with van der Waals surface area (Å²) < 4.78 is 16.8. The molecule has 0 radical (unpaired) electrons. The number of aliphatic hydroxyl groups excluding tert-OH is 1. The van der Waals surface area contributed by atoms with Gasteiger partial charge in [-0.05, 0) is 32.4 Å². The average Bonchev–Trinajstić information content (AvgIpc) is 2.71. The lowest BCUT2D eigenvalue weighted by Gasteiger charge is -2.34. The summed E-state index contributed by atoms with van der Waals surface area (Å²) in [5.41, 5.74) is 1.10. The molecule has 0 unspecified atom stereocenters. The molecule has 3 rings (SSSR count). The second-order valence-corrected chi connectivity index (χ2v) is 7.83. The SMILES string of the molecule is CC(C)(C)OC(=O)N1CCO[C@@H](COc2cnc(-c3cccc(CO)c3)nc2)C1. The molecule has 156 valence electrons. The Labute approximate surface area is 170 Å². The van der Waals surface area contributed by atoms with Crippen molar-refractivity contribution in [3.05, 3.63) is 42.2 Å². The molecule has 1 aliphatic heterocycles. The van der Waals surface area contributed by atoms with E-state index in [1.54, 1.807) is 17.3 Å². The standard InChI is InChI=1S/C21H27N3O5/c1-21(2,3)29-20(26)24-7-8-27-18(12-24)14-28-17-10-22-19(23-11-17)16-6-4-5-15(9-16)13-25/h4-6,9-11,18,25H,7-8,12-14H2,1-3H3/t18-/m1/s1. The Morgan fingerprint density at radius 3 is 2.76 bits per heavy atom. The molecule has 0 bridgehead atoms. The maximum absolute atomic E-state index is 12.2. The van der Waals surface area contributed by atoms with Crippen LogP contribution in [-0.4, -0.2) is 64.1 Å². The maximum Gasteiger partial charge on any atom is 0.410 e. The summed E-state index contributed by atoms with van der Waals surface area (Å²) in [6.07, 6.45) is 2.60. The summed E-state index contributed by atoms with van der Waals surface area (Å²) in [7, 11) is 0. The van der Waals surface area contributed by atoms with Crippen LogP contribution >= 0.6 is 0 Å². The Kier molecular flexibility index (Phi) is 6.66. The predicted octanol–water partition coefficient (Wildman–Crippen LogP) is 2.65. The summed E-state index contributed by atoms with van der Waals surface area (Å²) in [6, 6.07) is 7.42. The van der Waals surface area contributed by atoms with E-state index in [2.05, 4.69) is 9.97 Å². The molecule has 1 saturated heterocycles. The molecule has 8 heteroatoms. The fourth-order valence-corrected chi connectivity index (χ4v) is 2.85. The van der Waals surface area contributed by atoms with E-state index in [1.807, 2.05) is 45.0 Å². The molecule has 1 aromatic carbocycles. The molecule has 2 aromatic rings. The van der Waals surface area contributed by atoms with Gasteiger partial charge in [-0.15, -0.1) is 0 Å². The zero-order valence-electron chi connectivity index (χ0n) is 17.0. The molecule has 1 fully saturated rings. The van der Waals surface area contributed by atoms with Gasteiger partial charge in [0, 0.05) is 12.1 Å². The Bertz CT molecular complexity index is 820. The highest BCUT2D eigenvalue weighted by Gasteiger charge is 2.28. The van der Waals surface area contributed by atoms with Crippen LogP contribution in [0.15, 0.2) is 36.7 Å². The van der Waals surface area contributed by atoms with E-state index < -0.39 is 5.60 Å². The highest BCUT2D eigenvalue weighted by Crippen LogP contribution is 2.19. The first-order chi connectivity index (χ1) is 13.8. The molecule has 1 N–H and O–H groups in total. The Hall–Kier alpha value is -2.71. The molecule has 0 saturated carbocycles. The summed E-state index contributed by atoms with van der Waals surface area (Å²) in [5, 5.41) is 9.25. The van der Waals surface area contributed by atoms with Gasteiger partial charge in [-0.3, -0.25) is 0 Å². The van der Waals surface area contributed by atoms with Crippen LogP contribution in [0.3, 0.4) is 0 Å². The molecular weight excluding hydrogens is 374 g/mol. The first-order valence-corrected chi connectivity index (χ1v) is 9.58. The number of amides is 1. The van der Waals surface area contributed by atoms with Crippen molar-refractivity contribution in [2.45, 2.75) is 39.1 Å². The molecule has 8 nitrogen and oxygen atoms in total. The monoisotopic (exact) mass is 401 g/mol. The van der Waals surface area contributed by atoms with Gasteiger partial charge in [0.1, 0.15) is 18.3 Å². The van der Waals surface area contributed by atoms with Gasteiger partial charge in [0.25, 0.3) is 0 Å². The van der Waals surface area contributed by atoms with Crippen molar-refractivity contribution in [2.75, 3.05) is 26.3 Å². The third-order valence-electron chi connectivity index (χ3n) is 4.22. The van der Waals surface area contributed by atoms with E-state index in [0.717, 1.165) is 11.1 Å². The number of carbonyl (C=O) groups excluding carboxylic acids is 1.